The van der Waals surface area contributed by atoms with Gasteiger partial charge in [0.25, 0.3) is 0 Å². The fourth-order valence-electron chi connectivity index (χ4n) is 1.01. The molecule has 0 heterocycles. The standard InChI is InChI=1S/C11H20/c1-4-6-7-8-9-10-11(3)5-2/h4-6,11H,2,7-10H2,1,3H3. The molecule has 0 fully saturated rings. The molecule has 0 heteroatoms. The molecule has 0 spiro atoms. The van der Waals surface area contributed by atoms with Gasteiger partial charge in [-0.05, 0) is 32.1 Å². The molecule has 0 amide bonds. The van der Waals surface area contributed by atoms with Crippen molar-refractivity contribution in [2.75, 3.05) is 0 Å². The molecule has 0 nitrogen and oxygen atoms in total. The van der Waals surface area contributed by atoms with Gasteiger partial charge in [-0.25, -0.2) is 0 Å². The summed E-state index contributed by atoms with van der Waals surface area (Å²) in [4.78, 5) is 0. The van der Waals surface area contributed by atoms with Crippen LogP contribution in [0.5, 0.6) is 0 Å². The lowest BCUT2D eigenvalue weighted by atomic mass is 10.0. The van der Waals surface area contributed by atoms with Gasteiger partial charge >= 0.3 is 0 Å². The van der Waals surface area contributed by atoms with Crippen LogP contribution in [0.3, 0.4) is 0 Å². The van der Waals surface area contributed by atoms with Crippen LogP contribution in [-0.4, -0.2) is 0 Å². The molecule has 0 aromatic rings. The summed E-state index contributed by atoms with van der Waals surface area (Å²) in [5, 5.41) is 0. The van der Waals surface area contributed by atoms with Crippen molar-refractivity contribution in [2.45, 2.75) is 39.5 Å². The maximum atomic E-state index is 3.76. The van der Waals surface area contributed by atoms with E-state index in [1.165, 1.54) is 25.7 Å². The first-order chi connectivity index (χ1) is 5.31. The van der Waals surface area contributed by atoms with E-state index in [0.29, 0.717) is 5.92 Å². The minimum absolute atomic E-state index is 0.695. The molecule has 0 radical (unpaired) electrons. The Morgan fingerprint density at radius 3 is 2.64 bits per heavy atom. The van der Waals surface area contributed by atoms with E-state index in [1.807, 2.05) is 6.08 Å². The van der Waals surface area contributed by atoms with Gasteiger partial charge in [0.05, 0.1) is 0 Å². The summed E-state index contributed by atoms with van der Waals surface area (Å²) in [6.45, 7) is 8.06. The smallest absolute Gasteiger partial charge is 0.0265 e. The Labute approximate surface area is 71.0 Å². The van der Waals surface area contributed by atoms with Crippen molar-refractivity contribution in [1.29, 1.82) is 0 Å². The summed E-state index contributed by atoms with van der Waals surface area (Å²) in [5.74, 6) is 0.695. The average Bonchev–Trinajstić information content (AvgIpc) is 2.04. The van der Waals surface area contributed by atoms with E-state index in [-0.39, 0.29) is 0 Å². The van der Waals surface area contributed by atoms with Gasteiger partial charge < -0.3 is 0 Å². The van der Waals surface area contributed by atoms with Crippen molar-refractivity contribution in [2.24, 2.45) is 5.92 Å². The Balaban J connectivity index is 3.07. The third kappa shape index (κ3) is 7.38. The van der Waals surface area contributed by atoms with Crippen LogP contribution in [0.1, 0.15) is 39.5 Å². The van der Waals surface area contributed by atoms with Crippen LogP contribution in [0.15, 0.2) is 24.8 Å². The highest BCUT2D eigenvalue weighted by atomic mass is 14.0. The first kappa shape index (κ1) is 10.5. The Hall–Kier alpha value is -0.520. The van der Waals surface area contributed by atoms with Crippen molar-refractivity contribution in [3.05, 3.63) is 24.8 Å². The molecule has 0 rings (SSSR count). The lowest BCUT2D eigenvalue weighted by molar-refractivity contribution is 0.585. The van der Waals surface area contributed by atoms with Crippen LogP contribution in [0.25, 0.3) is 0 Å². The monoisotopic (exact) mass is 152 g/mol. The van der Waals surface area contributed by atoms with Crippen molar-refractivity contribution in [3.8, 4) is 0 Å². The number of rotatable bonds is 6. The summed E-state index contributed by atoms with van der Waals surface area (Å²) < 4.78 is 0. The number of unbranched alkanes of at least 4 members (excludes halogenated alkanes) is 2. The zero-order valence-electron chi connectivity index (χ0n) is 7.84. The van der Waals surface area contributed by atoms with Crippen LogP contribution in [0, 0.1) is 5.92 Å². The highest BCUT2D eigenvalue weighted by molar-refractivity contribution is 4.78. The van der Waals surface area contributed by atoms with Crippen LogP contribution < -0.4 is 0 Å². The minimum atomic E-state index is 0.695. The van der Waals surface area contributed by atoms with Gasteiger partial charge in [-0.15, -0.1) is 6.58 Å². The SMILES string of the molecule is C=CC(C)CCCCC=CC. The van der Waals surface area contributed by atoms with E-state index in [2.05, 4.69) is 32.6 Å². The molecule has 1 atom stereocenters. The van der Waals surface area contributed by atoms with Crippen molar-refractivity contribution in [3.63, 3.8) is 0 Å². The lowest BCUT2D eigenvalue weighted by Gasteiger charge is -2.02. The number of hydrogen-bond acceptors (Lipinski definition) is 0. The molecule has 0 bridgehead atoms. The van der Waals surface area contributed by atoms with Crippen molar-refractivity contribution >= 4 is 0 Å². The molecule has 0 aliphatic carbocycles. The molecule has 0 saturated heterocycles. The van der Waals surface area contributed by atoms with Crippen molar-refractivity contribution < 1.29 is 0 Å². The third-order valence-corrected chi connectivity index (χ3v) is 1.92. The van der Waals surface area contributed by atoms with Gasteiger partial charge in [-0.1, -0.05) is 31.6 Å². The molecule has 64 valence electrons. The molecule has 0 aliphatic heterocycles. The fraction of sp³-hybridized carbons (Fsp3) is 0.636. The summed E-state index contributed by atoms with van der Waals surface area (Å²) in [5.41, 5.74) is 0. The van der Waals surface area contributed by atoms with E-state index >= 15 is 0 Å². The predicted molar refractivity (Wildman–Crippen MR) is 52.6 cm³/mol. The minimum Gasteiger partial charge on any atom is -0.103 e. The molecule has 0 aromatic heterocycles. The van der Waals surface area contributed by atoms with Gasteiger partial charge in [0.2, 0.25) is 0 Å². The Kier molecular flexibility index (Phi) is 7.23. The predicted octanol–water partition coefficient (Wildman–Crippen LogP) is 3.95. The second kappa shape index (κ2) is 7.59. The Morgan fingerprint density at radius 1 is 1.36 bits per heavy atom. The molecule has 0 N–H and O–H groups in total. The topological polar surface area (TPSA) is 0 Å². The maximum Gasteiger partial charge on any atom is -0.0265 e. The second-order valence-corrected chi connectivity index (χ2v) is 3.07. The van der Waals surface area contributed by atoms with Gasteiger partial charge in [0, 0.05) is 0 Å². The maximum absolute atomic E-state index is 3.76. The van der Waals surface area contributed by atoms with Gasteiger partial charge in [-0.2, -0.15) is 0 Å². The summed E-state index contributed by atoms with van der Waals surface area (Å²) in [7, 11) is 0. The van der Waals surface area contributed by atoms with E-state index in [9.17, 15) is 0 Å². The van der Waals surface area contributed by atoms with Crippen LogP contribution in [0.4, 0.5) is 0 Å². The average molecular weight is 152 g/mol. The van der Waals surface area contributed by atoms with E-state index in [4.69, 9.17) is 0 Å². The summed E-state index contributed by atoms with van der Waals surface area (Å²) in [6, 6.07) is 0. The van der Waals surface area contributed by atoms with Gasteiger partial charge in [0.15, 0.2) is 0 Å². The van der Waals surface area contributed by atoms with Crippen molar-refractivity contribution in [1.82, 2.24) is 0 Å². The lowest BCUT2D eigenvalue weighted by Crippen LogP contribution is -1.87. The van der Waals surface area contributed by atoms with Gasteiger partial charge in [0.1, 0.15) is 0 Å². The normalized spacial score (nSPS) is 13.6. The Bertz CT molecular complexity index is 111. The van der Waals surface area contributed by atoms with Crippen LogP contribution in [0.2, 0.25) is 0 Å². The van der Waals surface area contributed by atoms with Crippen LogP contribution >= 0.6 is 0 Å². The molecular weight excluding hydrogens is 132 g/mol. The molecule has 0 saturated carbocycles. The molecule has 0 aromatic carbocycles. The summed E-state index contributed by atoms with van der Waals surface area (Å²) in [6.07, 6.45) is 11.6. The zero-order chi connectivity index (χ0) is 8.53. The highest BCUT2D eigenvalue weighted by Crippen LogP contribution is 2.09. The summed E-state index contributed by atoms with van der Waals surface area (Å²) >= 11 is 0. The molecule has 0 aliphatic rings. The fourth-order valence-corrected chi connectivity index (χ4v) is 1.01. The first-order valence-corrected chi connectivity index (χ1v) is 4.55. The Morgan fingerprint density at radius 2 is 2.09 bits per heavy atom. The van der Waals surface area contributed by atoms with E-state index in [1.54, 1.807) is 0 Å². The van der Waals surface area contributed by atoms with E-state index in [0.717, 1.165) is 0 Å². The molecule has 11 heavy (non-hydrogen) atoms. The highest BCUT2D eigenvalue weighted by Gasteiger charge is 1.93. The quantitative estimate of drug-likeness (QED) is 0.399. The van der Waals surface area contributed by atoms with Gasteiger partial charge in [-0.3, -0.25) is 0 Å². The number of allylic oxidation sites excluding steroid dienone is 3. The molecule has 1 unspecified atom stereocenters. The second-order valence-electron chi connectivity index (χ2n) is 3.07. The van der Waals surface area contributed by atoms with Crippen LogP contribution in [-0.2, 0) is 0 Å². The largest absolute Gasteiger partial charge is 0.103 e. The number of hydrogen-bond donors (Lipinski definition) is 0. The first-order valence-electron chi connectivity index (χ1n) is 4.55. The third-order valence-electron chi connectivity index (χ3n) is 1.92. The van der Waals surface area contributed by atoms with E-state index < -0.39 is 0 Å². The molecular formula is C11H20. The zero-order valence-corrected chi connectivity index (χ0v) is 7.84.